The fourth-order valence-corrected chi connectivity index (χ4v) is 3.85. The summed E-state index contributed by atoms with van der Waals surface area (Å²) in [4.78, 5) is 36.2. The molecule has 0 aliphatic carbocycles. The van der Waals surface area contributed by atoms with Gasteiger partial charge < -0.3 is 9.47 Å². The second-order valence-corrected chi connectivity index (χ2v) is 7.30. The SMILES string of the molecule is CCCn1c(N2CCN(Cc3ccccc3)CC2)nc2c1c(=O)[nH]c(=O)n2C. The molecular weight excluding hydrogens is 356 g/mol. The topological polar surface area (TPSA) is 79.2 Å². The van der Waals surface area contributed by atoms with Crippen molar-refractivity contribution in [2.75, 3.05) is 31.1 Å². The summed E-state index contributed by atoms with van der Waals surface area (Å²) in [7, 11) is 1.64. The number of hydrogen-bond acceptors (Lipinski definition) is 5. The molecule has 3 heterocycles. The smallest absolute Gasteiger partial charge is 0.329 e. The lowest BCUT2D eigenvalue weighted by atomic mass is 10.2. The number of nitrogens with one attached hydrogen (secondary N) is 1. The van der Waals surface area contributed by atoms with Crippen molar-refractivity contribution in [3.63, 3.8) is 0 Å². The number of rotatable bonds is 5. The summed E-state index contributed by atoms with van der Waals surface area (Å²) < 4.78 is 3.37. The van der Waals surface area contributed by atoms with Crippen LogP contribution < -0.4 is 16.1 Å². The number of aromatic amines is 1. The average Bonchev–Trinajstić information content (AvgIpc) is 3.08. The minimum atomic E-state index is -0.433. The highest BCUT2D eigenvalue weighted by atomic mass is 16.2. The molecule has 2 aromatic heterocycles. The van der Waals surface area contributed by atoms with Crippen LogP contribution >= 0.6 is 0 Å². The van der Waals surface area contributed by atoms with Crippen LogP contribution in [0.5, 0.6) is 0 Å². The second kappa shape index (κ2) is 7.63. The summed E-state index contributed by atoms with van der Waals surface area (Å²) in [5.41, 5.74) is 1.44. The van der Waals surface area contributed by atoms with Gasteiger partial charge in [-0.1, -0.05) is 37.3 Å². The molecule has 0 spiro atoms. The monoisotopic (exact) mass is 382 g/mol. The van der Waals surface area contributed by atoms with Crippen molar-refractivity contribution in [2.45, 2.75) is 26.4 Å². The van der Waals surface area contributed by atoms with Crippen LogP contribution in [0.3, 0.4) is 0 Å². The minimum absolute atomic E-state index is 0.368. The van der Waals surface area contributed by atoms with Gasteiger partial charge in [0.15, 0.2) is 11.2 Å². The molecule has 1 fully saturated rings. The van der Waals surface area contributed by atoms with Crippen LogP contribution in [0.1, 0.15) is 18.9 Å². The number of aryl methyl sites for hydroxylation is 2. The van der Waals surface area contributed by atoms with Crippen molar-refractivity contribution in [3.05, 3.63) is 56.7 Å². The van der Waals surface area contributed by atoms with Crippen molar-refractivity contribution in [3.8, 4) is 0 Å². The number of nitrogens with zero attached hydrogens (tertiary/aromatic N) is 5. The Balaban J connectivity index is 1.60. The molecule has 4 rings (SSSR count). The zero-order valence-electron chi connectivity index (χ0n) is 16.4. The highest BCUT2D eigenvalue weighted by Crippen LogP contribution is 2.21. The molecule has 0 bridgehead atoms. The molecule has 1 N–H and O–H groups in total. The molecule has 1 aliphatic rings. The van der Waals surface area contributed by atoms with E-state index in [1.165, 1.54) is 10.1 Å². The van der Waals surface area contributed by atoms with E-state index in [9.17, 15) is 9.59 Å². The molecule has 1 saturated heterocycles. The van der Waals surface area contributed by atoms with E-state index in [1.54, 1.807) is 7.05 Å². The average molecular weight is 382 g/mol. The van der Waals surface area contributed by atoms with E-state index < -0.39 is 5.69 Å². The minimum Gasteiger partial charge on any atom is -0.340 e. The Morgan fingerprint density at radius 1 is 1.07 bits per heavy atom. The third kappa shape index (κ3) is 3.35. The van der Waals surface area contributed by atoms with Crippen LogP contribution in [0, 0.1) is 0 Å². The van der Waals surface area contributed by atoms with Gasteiger partial charge in [0.25, 0.3) is 5.56 Å². The van der Waals surface area contributed by atoms with Gasteiger partial charge in [0.05, 0.1) is 0 Å². The third-order valence-electron chi connectivity index (χ3n) is 5.34. The molecular formula is C20H26N6O2. The van der Waals surface area contributed by atoms with E-state index in [2.05, 4.69) is 46.0 Å². The third-order valence-corrected chi connectivity index (χ3v) is 5.34. The van der Waals surface area contributed by atoms with Crippen LogP contribution in [-0.2, 0) is 20.1 Å². The number of piperazine rings is 1. The number of fused-ring (bicyclic) bond motifs is 1. The number of aromatic nitrogens is 4. The molecule has 8 nitrogen and oxygen atoms in total. The lowest BCUT2D eigenvalue weighted by molar-refractivity contribution is 0.248. The molecule has 1 aromatic carbocycles. The molecule has 0 amide bonds. The largest absolute Gasteiger partial charge is 0.340 e. The van der Waals surface area contributed by atoms with E-state index in [4.69, 9.17) is 4.98 Å². The predicted octanol–water partition coefficient (Wildman–Crippen LogP) is 1.16. The van der Waals surface area contributed by atoms with Gasteiger partial charge in [-0.25, -0.2) is 4.79 Å². The molecule has 28 heavy (non-hydrogen) atoms. The highest BCUT2D eigenvalue weighted by molar-refractivity contribution is 5.74. The number of benzene rings is 1. The van der Waals surface area contributed by atoms with E-state index >= 15 is 0 Å². The highest BCUT2D eigenvalue weighted by Gasteiger charge is 2.24. The van der Waals surface area contributed by atoms with Crippen molar-refractivity contribution in [1.29, 1.82) is 0 Å². The van der Waals surface area contributed by atoms with Gasteiger partial charge in [-0.05, 0) is 12.0 Å². The van der Waals surface area contributed by atoms with Gasteiger partial charge in [-0.2, -0.15) is 4.98 Å². The summed E-state index contributed by atoms with van der Waals surface area (Å²) in [5.74, 6) is 0.780. The number of anilines is 1. The first-order valence-electron chi connectivity index (χ1n) is 9.79. The van der Waals surface area contributed by atoms with Crippen molar-refractivity contribution >= 4 is 17.1 Å². The van der Waals surface area contributed by atoms with Gasteiger partial charge in [0.1, 0.15) is 0 Å². The predicted molar refractivity (Wildman–Crippen MR) is 110 cm³/mol. The molecule has 8 heteroatoms. The lowest BCUT2D eigenvalue weighted by Gasteiger charge is -2.35. The standard InChI is InChI=1S/C20H26N6O2/c1-3-9-26-16-17(23(2)20(28)22-18(16)27)21-19(26)25-12-10-24(11-13-25)14-15-7-5-4-6-8-15/h4-8H,3,9-14H2,1-2H3,(H,22,27,28). The molecule has 1 aliphatic heterocycles. The summed E-state index contributed by atoms with van der Waals surface area (Å²) in [6, 6.07) is 10.5. The van der Waals surface area contributed by atoms with Gasteiger partial charge in [0.2, 0.25) is 5.95 Å². The van der Waals surface area contributed by atoms with Crippen LogP contribution in [0.15, 0.2) is 39.9 Å². The lowest BCUT2D eigenvalue weighted by Crippen LogP contribution is -2.46. The van der Waals surface area contributed by atoms with Gasteiger partial charge >= 0.3 is 5.69 Å². The summed E-state index contributed by atoms with van der Waals surface area (Å²) in [5, 5.41) is 0. The van der Waals surface area contributed by atoms with Crippen molar-refractivity contribution in [2.24, 2.45) is 7.05 Å². The molecule has 0 unspecified atom stereocenters. The Morgan fingerprint density at radius 3 is 2.46 bits per heavy atom. The first-order valence-corrected chi connectivity index (χ1v) is 9.79. The van der Waals surface area contributed by atoms with E-state index in [1.807, 2.05) is 10.6 Å². The maximum Gasteiger partial charge on any atom is 0.329 e. The molecule has 3 aromatic rings. The normalized spacial score (nSPS) is 15.4. The summed E-state index contributed by atoms with van der Waals surface area (Å²) >= 11 is 0. The first kappa shape index (κ1) is 18.5. The maximum atomic E-state index is 12.4. The molecule has 148 valence electrons. The van der Waals surface area contributed by atoms with Gasteiger partial charge in [0, 0.05) is 46.3 Å². The van der Waals surface area contributed by atoms with Crippen molar-refractivity contribution in [1.82, 2.24) is 24.0 Å². The number of hydrogen-bond donors (Lipinski definition) is 1. The van der Waals surface area contributed by atoms with Crippen molar-refractivity contribution < 1.29 is 0 Å². The first-order chi connectivity index (χ1) is 13.6. The Kier molecular flexibility index (Phi) is 5.04. The van der Waals surface area contributed by atoms with Crippen LogP contribution in [-0.4, -0.2) is 50.2 Å². The van der Waals surface area contributed by atoms with Crippen LogP contribution in [0.2, 0.25) is 0 Å². The zero-order valence-corrected chi connectivity index (χ0v) is 16.4. The van der Waals surface area contributed by atoms with E-state index in [0.29, 0.717) is 17.7 Å². The zero-order chi connectivity index (χ0) is 19.7. The Bertz CT molecular complexity index is 1070. The number of imidazole rings is 1. The fourth-order valence-electron chi connectivity index (χ4n) is 3.85. The van der Waals surface area contributed by atoms with Crippen LogP contribution in [0.4, 0.5) is 5.95 Å². The van der Waals surface area contributed by atoms with Crippen LogP contribution in [0.25, 0.3) is 11.2 Å². The Labute approximate surface area is 163 Å². The quantitative estimate of drug-likeness (QED) is 0.716. The molecule has 0 radical (unpaired) electrons. The van der Waals surface area contributed by atoms with E-state index in [0.717, 1.165) is 45.1 Å². The maximum absolute atomic E-state index is 12.4. The fraction of sp³-hybridized carbons (Fsp3) is 0.450. The Hall–Kier alpha value is -2.87. The van der Waals surface area contributed by atoms with E-state index in [-0.39, 0.29) is 5.56 Å². The van der Waals surface area contributed by atoms with Gasteiger partial charge in [-0.3, -0.25) is 19.2 Å². The molecule has 0 saturated carbocycles. The van der Waals surface area contributed by atoms with Gasteiger partial charge in [-0.15, -0.1) is 0 Å². The Morgan fingerprint density at radius 2 is 1.79 bits per heavy atom. The number of H-pyrrole nitrogens is 1. The molecule has 0 atom stereocenters. The second-order valence-electron chi connectivity index (χ2n) is 7.30. The summed E-state index contributed by atoms with van der Waals surface area (Å²) in [6.45, 7) is 7.24. The summed E-state index contributed by atoms with van der Waals surface area (Å²) in [6.07, 6.45) is 0.884.